The van der Waals surface area contributed by atoms with Crippen LogP contribution < -0.4 is 4.74 Å². The van der Waals surface area contributed by atoms with Gasteiger partial charge in [-0.05, 0) is 62.1 Å². The van der Waals surface area contributed by atoms with E-state index in [4.69, 9.17) is 16.3 Å². The Labute approximate surface area is 141 Å². The molecular weight excluding hydrogens is 364 g/mol. The Kier molecular flexibility index (Phi) is 4.46. The van der Waals surface area contributed by atoms with E-state index in [9.17, 15) is 4.79 Å². The Morgan fingerprint density at radius 1 is 1.05 bits per heavy atom. The van der Waals surface area contributed by atoms with E-state index in [1.807, 2.05) is 24.3 Å². The molecule has 4 heteroatoms. The first-order valence-corrected chi connectivity index (χ1v) is 7.91. The average molecular weight is 376 g/mol. The number of ether oxygens (including phenoxy) is 1. The Morgan fingerprint density at radius 3 is 2.59 bits per heavy atom. The molecule has 0 aliphatic heterocycles. The molecule has 22 heavy (non-hydrogen) atoms. The number of carbonyl (C=O) groups excluding carboxylic acids is 1. The van der Waals surface area contributed by atoms with Crippen LogP contribution in [0, 0.1) is 0 Å². The van der Waals surface area contributed by atoms with Gasteiger partial charge in [0.1, 0.15) is 12.4 Å². The molecule has 3 aromatic carbocycles. The number of carbonyl (C=O) groups is 1. The number of halogens is 2. The lowest BCUT2D eigenvalue weighted by Gasteiger charge is -2.11. The van der Waals surface area contributed by atoms with Gasteiger partial charge in [-0.15, -0.1) is 0 Å². The molecule has 0 aromatic heterocycles. The lowest BCUT2D eigenvalue weighted by molar-refractivity contribution is 0.108. The van der Waals surface area contributed by atoms with E-state index in [2.05, 4.69) is 34.1 Å². The minimum absolute atomic E-state index is 0.436. The monoisotopic (exact) mass is 374 g/mol. The Hall–Kier alpha value is -1.84. The van der Waals surface area contributed by atoms with Crippen LogP contribution in [0.15, 0.2) is 65.1 Å². The predicted molar refractivity (Wildman–Crippen MR) is 92.6 cm³/mol. The summed E-state index contributed by atoms with van der Waals surface area (Å²) < 4.78 is 6.57. The molecule has 110 valence electrons. The largest absolute Gasteiger partial charge is 0.488 e. The summed E-state index contributed by atoms with van der Waals surface area (Å²) in [4.78, 5) is 11.1. The maximum atomic E-state index is 11.1. The minimum atomic E-state index is -0.485. The summed E-state index contributed by atoms with van der Waals surface area (Å²) in [5.41, 5.74) is 1.55. The molecule has 3 aromatic rings. The van der Waals surface area contributed by atoms with Crippen molar-refractivity contribution in [2.75, 3.05) is 0 Å². The maximum Gasteiger partial charge on any atom is 0.252 e. The Balaban J connectivity index is 1.84. The molecule has 0 amide bonds. The summed E-state index contributed by atoms with van der Waals surface area (Å²) in [6.07, 6.45) is 0. The summed E-state index contributed by atoms with van der Waals surface area (Å²) in [5, 5.41) is 1.88. The standard InChI is InChI=1S/C18H12BrClO2/c19-16-10-13(18(20)21)8-9-17(16)22-11-14-6-3-5-12-4-1-2-7-15(12)14/h1-10H,11H2. The molecule has 2 nitrogen and oxygen atoms in total. The van der Waals surface area contributed by atoms with E-state index in [0.717, 1.165) is 5.56 Å². The Bertz CT molecular complexity index is 840. The van der Waals surface area contributed by atoms with E-state index >= 15 is 0 Å². The molecule has 0 fully saturated rings. The van der Waals surface area contributed by atoms with Crippen molar-refractivity contribution < 1.29 is 9.53 Å². The third-order valence-electron chi connectivity index (χ3n) is 3.42. The lowest BCUT2D eigenvalue weighted by atomic mass is 10.1. The highest BCUT2D eigenvalue weighted by molar-refractivity contribution is 9.10. The molecule has 0 radical (unpaired) electrons. The second-order valence-electron chi connectivity index (χ2n) is 4.85. The van der Waals surface area contributed by atoms with E-state index in [-0.39, 0.29) is 0 Å². The topological polar surface area (TPSA) is 26.3 Å². The van der Waals surface area contributed by atoms with Gasteiger partial charge in [0.25, 0.3) is 5.24 Å². The zero-order chi connectivity index (χ0) is 15.5. The molecule has 0 spiro atoms. The second kappa shape index (κ2) is 6.51. The lowest BCUT2D eigenvalue weighted by Crippen LogP contribution is -1.98. The highest BCUT2D eigenvalue weighted by Crippen LogP contribution is 2.28. The van der Waals surface area contributed by atoms with Gasteiger partial charge in [-0.2, -0.15) is 0 Å². The van der Waals surface area contributed by atoms with E-state index in [1.54, 1.807) is 18.2 Å². The third kappa shape index (κ3) is 3.16. The van der Waals surface area contributed by atoms with Gasteiger partial charge in [0.05, 0.1) is 4.47 Å². The fourth-order valence-corrected chi connectivity index (χ4v) is 2.92. The summed E-state index contributed by atoms with van der Waals surface area (Å²) in [6, 6.07) is 19.4. The summed E-state index contributed by atoms with van der Waals surface area (Å²) in [5.74, 6) is 0.676. The number of benzene rings is 3. The average Bonchev–Trinajstić information content (AvgIpc) is 2.53. The molecule has 0 aliphatic rings. The molecule has 0 saturated carbocycles. The van der Waals surface area contributed by atoms with Gasteiger partial charge >= 0.3 is 0 Å². The number of fused-ring (bicyclic) bond motifs is 1. The molecule has 0 N–H and O–H groups in total. The van der Waals surface area contributed by atoms with Crippen LogP contribution in [0.2, 0.25) is 0 Å². The first kappa shape index (κ1) is 15.1. The van der Waals surface area contributed by atoms with E-state index in [1.165, 1.54) is 10.8 Å². The molecule has 0 unspecified atom stereocenters. The third-order valence-corrected chi connectivity index (χ3v) is 4.26. The van der Waals surface area contributed by atoms with Crippen molar-refractivity contribution >= 4 is 43.5 Å². The molecule has 0 saturated heterocycles. The van der Waals surface area contributed by atoms with Crippen molar-refractivity contribution in [1.29, 1.82) is 0 Å². The Morgan fingerprint density at radius 2 is 1.82 bits per heavy atom. The van der Waals surface area contributed by atoms with Gasteiger partial charge < -0.3 is 4.74 Å². The minimum Gasteiger partial charge on any atom is -0.488 e. The van der Waals surface area contributed by atoms with Gasteiger partial charge in [-0.25, -0.2) is 0 Å². The summed E-state index contributed by atoms with van der Waals surface area (Å²) >= 11 is 8.87. The number of hydrogen-bond donors (Lipinski definition) is 0. The molecule has 0 heterocycles. The van der Waals surface area contributed by atoms with Gasteiger partial charge in [0.2, 0.25) is 0 Å². The van der Waals surface area contributed by atoms with Crippen LogP contribution in [0.25, 0.3) is 10.8 Å². The normalized spacial score (nSPS) is 10.6. The highest BCUT2D eigenvalue weighted by atomic mass is 79.9. The quantitative estimate of drug-likeness (QED) is 0.558. The second-order valence-corrected chi connectivity index (χ2v) is 6.04. The summed E-state index contributed by atoms with van der Waals surface area (Å²) in [6.45, 7) is 0.453. The van der Waals surface area contributed by atoms with Crippen LogP contribution in [0.5, 0.6) is 5.75 Å². The van der Waals surface area contributed by atoms with Gasteiger partial charge in [0.15, 0.2) is 0 Å². The molecule has 0 aliphatic carbocycles. The van der Waals surface area contributed by atoms with Crippen molar-refractivity contribution in [3.63, 3.8) is 0 Å². The number of hydrogen-bond acceptors (Lipinski definition) is 2. The van der Waals surface area contributed by atoms with Crippen molar-refractivity contribution in [2.45, 2.75) is 6.61 Å². The van der Waals surface area contributed by atoms with Crippen LogP contribution >= 0.6 is 27.5 Å². The van der Waals surface area contributed by atoms with Crippen LogP contribution in [0.1, 0.15) is 15.9 Å². The van der Waals surface area contributed by atoms with Gasteiger partial charge in [0, 0.05) is 5.56 Å². The van der Waals surface area contributed by atoms with Crippen molar-refractivity contribution in [1.82, 2.24) is 0 Å². The van der Waals surface area contributed by atoms with E-state index in [0.29, 0.717) is 22.4 Å². The maximum absolute atomic E-state index is 11.1. The van der Waals surface area contributed by atoms with E-state index < -0.39 is 5.24 Å². The SMILES string of the molecule is O=C(Cl)c1ccc(OCc2cccc3ccccc23)c(Br)c1. The smallest absolute Gasteiger partial charge is 0.252 e. The first-order valence-electron chi connectivity index (χ1n) is 6.74. The highest BCUT2D eigenvalue weighted by Gasteiger charge is 2.08. The summed E-state index contributed by atoms with van der Waals surface area (Å²) in [7, 11) is 0. The van der Waals surface area contributed by atoms with Gasteiger partial charge in [-0.1, -0.05) is 42.5 Å². The number of rotatable bonds is 4. The van der Waals surface area contributed by atoms with Crippen LogP contribution in [-0.4, -0.2) is 5.24 Å². The predicted octanol–water partition coefficient (Wildman–Crippen LogP) is 5.56. The zero-order valence-electron chi connectivity index (χ0n) is 11.6. The molecular formula is C18H12BrClO2. The van der Waals surface area contributed by atoms with Crippen molar-refractivity contribution in [3.8, 4) is 5.75 Å². The first-order chi connectivity index (χ1) is 10.6. The molecule has 0 bridgehead atoms. The molecule has 3 rings (SSSR count). The van der Waals surface area contributed by atoms with Gasteiger partial charge in [-0.3, -0.25) is 4.79 Å². The molecule has 0 atom stereocenters. The van der Waals surface area contributed by atoms with Crippen molar-refractivity contribution in [3.05, 3.63) is 76.3 Å². The van der Waals surface area contributed by atoms with Crippen LogP contribution in [0.4, 0.5) is 0 Å². The zero-order valence-corrected chi connectivity index (χ0v) is 13.9. The van der Waals surface area contributed by atoms with Crippen molar-refractivity contribution in [2.24, 2.45) is 0 Å². The fourth-order valence-electron chi connectivity index (χ4n) is 2.31. The van der Waals surface area contributed by atoms with Crippen LogP contribution in [0.3, 0.4) is 0 Å². The van der Waals surface area contributed by atoms with Crippen LogP contribution in [-0.2, 0) is 6.61 Å². The fraction of sp³-hybridized carbons (Fsp3) is 0.0556.